The van der Waals surface area contributed by atoms with Gasteiger partial charge in [0.25, 0.3) is 0 Å². The number of likely N-dealkylation sites (N-methyl/N-ethyl adjacent to an activating group) is 1. The molecule has 0 aliphatic heterocycles. The minimum Gasteiger partial charge on any atom is -0.326 e. The number of nitrogens with one attached hydrogen (secondary N) is 1. The second kappa shape index (κ2) is 10.9. The van der Waals surface area contributed by atoms with Gasteiger partial charge in [-0.2, -0.15) is 0 Å². The van der Waals surface area contributed by atoms with Crippen LogP contribution in [0.3, 0.4) is 0 Å². The molecule has 0 aliphatic rings. The Morgan fingerprint density at radius 3 is 2.21 bits per heavy atom. The van der Waals surface area contributed by atoms with Crippen LogP contribution in [0.15, 0.2) is 36.4 Å². The van der Waals surface area contributed by atoms with Crippen LogP contribution in [0.5, 0.6) is 0 Å². The van der Waals surface area contributed by atoms with Gasteiger partial charge in [-0.3, -0.25) is 14.4 Å². The van der Waals surface area contributed by atoms with Crippen molar-refractivity contribution in [1.29, 1.82) is 0 Å². The van der Waals surface area contributed by atoms with Gasteiger partial charge in [-0.05, 0) is 57.3 Å². The van der Waals surface area contributed by atoms with Gasteiger partial charge in [-0.25, -0.2) is 0 Å². The molecule has 0 atom stereocenters. The summed E-state index contributed by atoms with van der Waals surface area (Å²) >= 11 is 1.44. The van der Waals surface area contributed by atoms with Crippen LogP contribution < -0.4 is 5.32 Å². The molecule has 1 amide bonds. The molecule has 0 unspecified atom stereocenters. The lowest BCUT2D eigenvalue weighted by atomic mass is 10.1. The molecular formula is C22H28N2O3S. The van der Waals surface area contributed by atoms with Gasteiger partial charge >= 0.3 is 0 Å². The Labute approximate surface area is 170 Å². The maximum Gasteiger partial charge on any atom is 0.224 e. The van der Waals surface area contributed by atoms with E-state index in [-0.39, 0.29) is 43.2 Å². The van der Waals surface area contributed by atoms with Gasteiger partial charge in [0.2, 0.25) is 5.91 Å². The Morgan fingerprint density at radius 1 is 0.929 bits per heavy atom. The molecule has 1 aromatic carbocycles. The SMILES string of the molecule is Cc1ccc(C(=O)CCC(=O)CCC(=O)Nc2ccc(CCN(C)C)cc2)s1. The number of nitrogens with zero attached hydrogens (tertiary/aromatic N) is 1. The topological polar surface area (TPSA) is 66.5 Å². The number of thiophene rings is 1. The summed E-state index contributed by atoms with van der Waals surface area (Å²) in [6.45, 7) is 2.92. The van der Waals surface area contributed by atoms with E-state index in [2.05, 4.69) is 10.2 Å². The Morgan fingerprint density at radius 2 is 1.61 bits per heavy atom. The van der Waals surface area contributed by atoms with Crippen molar-refractivity contribution in [2.75, 3.05) is 26.0 Å². The first-order chi connectivity index (χ1) is 13.3. The molecule has 0 saturated heterocycles. The third-order valence-electron chi connectivity index (χ3n) is 4.36. The van der Waals surface area contributed by atoms with Crippen molar-refractivity contribution in [2.24, 2.45) is 0 Å². The average Bonchev–Trinajstić information content (AvgIpc) is 3.10. The van der Waals surface area contributed by atoms with Crippen molar-refractivity contribution < 1.29 is 14.4 Å². The highest BCUT2D eigenvalue weighted by molar-refractivity contribution is 7.14. The quantitative estimate of drug-likeness (QED) is 0.577. The summed E-state index contributed by atoms with van der Waals surface area (Å²) in [4.78, 5) is 40.0. The largest absolute Gasteiger partial charge is 0.326 e. The summed E-state index contributed by atoms with van der Waals surface area (Å²) in [5, 5.41) is 2.82. The van der Waals surface area contributed by atoms with Crippen molar-refractivity contribution in [3.05, 3.63) is 51.7 Å². The van der Waals surface area contributed by atoms with E-state index < -0.39 is 0 Å². The van der Waals surface area contributed by atoms with Gasteiger partial charge in [-0.15, -0.1) is 11.3 Å². The summed E-state index contributed by atoms with van der Waals surface area (Å²) in [6.07, 6.45) is 1.63. The van der Waals surface area contributed by atoms with E-state index in [0.29, 0.717) is 4.88 Å². The Kier molecular flexibility index (Phi) is 8.54. The number of aryl methyl sites for hydroxylation is 1. The Bertz CT molecular complexity index is 809. The fraction of sp³-hybridized carbons (Fsp3) is 0.409. The highest BCUT2D eigenvalue weighted by Crippen LogP contribution is 2.18. The molecule has 5 nitrogen and oxygen atoms in total. The zero-order valence-electron chi connectivity index (χ0n) is 16.8. The van der Waals surface area contributed by atoms with Crippen LogP contribution in [0.1, 0.15) is 45.8 Å². The molecule has 1 aromatic heterocycles. The number of hydrogen-bond acceptors (Lipinski definition) is 5. The molecular weight excluding hydrogens is 372 g/mol. The predicted molar refractivity (Wildman–Crippen MR) is 114 cm³/mol. The Balaban J connectivity index is 1.68. The lowest BCUT2D eigenvalue weighted by Crippen LogP contribution is -2.15. The molecule has 2 aromatic rings. The van der Waals surface area contributed by atoms with Crippen LogP contribution in [0.4, 0.5) is 5.69 Å². The molecule has 0 radical (unpaired) electrons. The monoisotopic (exact) mass is 400 g/mol. The number of hydrogen-bond donors (Lipinski definition) is 1. The van der Waals surface area contributed by atoms with E-state index in [4.69, 9.17) is 0 Å². The number of benzene rings is 1. The van der Waals surface area contributed by atoms with Gasteiger partial charge < -0.3 is 10.2 Å². The molecule has 28 heavy (non-hydrogen) atoms. The number of anilines is 1. The van der Waals surface area contributed by atoms with Crippen LogP contribution in [0.25, 0.3) is 0 Å². The standard InChI is InChI=1S/C22H28N2O3S/c1-16-4-12-21(28-16)20(26)11-9-19(25)10-13-22(27)23-18-7-5-17(6-8-18)14-15-24(2)3/h4-8,12H,9-11,13-15H2,1-3H3,(H,23,27). The van der Waals surface area contributed by atoms with E-state index in [0.717, 1.165) is 23.5 Å². The second-order valence-electron chi connectivity index (χ2n) is 7.17. The van der Waals surface area contributed by atoms with Gasteiger partial charge in [0.1, 0.15) is 5.78 Å². The third-order valence-corrected chi connectivity index (χ3v) is 5.40. The number of Topliss-reactive ketones (excluding diaryl/α,β-unsaturated/α-hetero) is 2. The van der Waals surface area contributed by atoms with Crippen LogP contribution in [0, 0.1) is 6.92 Å². The lowest BCUT2D eigenvalue weighted by Gasteiger charge is -2.10. The summed E-state index contributed by atoms with van der Waals surface area (Å²) in [7, 11) is 4.07. The van der Waals surface area contributed by atoms with Crippen molar-refractivity contribution in [1.82, 2.24) is 4.90 Å². The second-order valence-corrected chi connectivity index (χ2v) is 8.46. The summed E-state index contributed by atoms with van der Waals surface area (Å²) < 4.78 is 0. The van der Waals surface area contributed by atoms with Crippen LogP contribution >= 0.6 is 11.3 Å². The number of carbonyl (C=O) groups is 3. The first-order valence-corrected chi connectivity index (χ1v) is 10.3. The molecule has 2 rings (SSSR count). The van der Waals surface area contributed by atoms with Gasteiger partial charge in [0.05, 0.1) is 4.88 Å². The fourth-order valence-corrected chi connectivity index (χ4v) is 3.50. The Hall–Kier alpha value is -2.31. The van der Waals surface area contributed by atoms with Crippen LogP contribution in [0.2, 0.25) is 0 Å². The van der Waals surface area contributed by atoms with E-state index in [1.165, 1.54) is 16.9 Å². The van der Waals surface area contributed by atoms with Crippen molar-refractivity contribution in [2.45, 2.75) is 39.0 Å². The minimum atomic E-state index is -0.186. The molecule has 0 spiro atoms. The number of rotatable bonds is 11. The smallest absolute Gasteiger partial charge is 0.224 e. The molecule has 0 fully saturated rings. The van der Waals surface area contributed by atoms with E-state index in [1.807, 2.05) is 51.4 Å². The molecule has 0 saturated carbocycles. The molecule has 6 heteroatoms. The molecule has 1 heterocycles. The molecule has 0 bridgehead atoms. The first kappa shape index (κ1) is 22.0. The average molecular weight is 401 g/mol. The normalized spacial score (nSPS) is 10.9. The lowest BCUT2D eigenvalue weighted by molar-refractivity contribution is -0.122. The summed E-state index contributed by atoms with van der Waals surface area (Å²) in [5.41, 5.74) is 1.95. The molecule has 0 aliphatic carbocycles. The maximum absolute atomic E-state index is 12.0. The predicted octanol–water partition coefficient (Wildman–Crippen LogP) is 4.11. The van der Waals surface area contributed by atoms with Gasteiger partial charge in [0.15, 0.2) is 5.78 Å². The van der Waals surface area contributed by atoms with Gasteiger partial charge in [0, 0.05) is 42.8 Å². The fourth-order valence-electron chi connectivity index (χ4n) is 2.67. The zero-order chi connectivity index (χ0) is 20.5. The molecule has 1 N–H and O–H groups in total. The minimum absolute atomic E-state index is 0.00902. The van der Waals surface area contributed by atoms with Crippen molar-refractivity contribution in [3.8, 4) is 0 Å². The highest BCUT2D eigenvalue weighted by atomic mass is 32.1. The zero-order valence-corrected chi connectivity index (χ0v) is 17.6. The van der Waals surface area contributed by atoms with Crippen molar-refractivity contribution >= 4 is 34.5 Å². The van der Waals surface area contributed by atoms with E-state index in [9.17, 15) is 14.4 Å². The first-order valence-electron chi connectivity index (χ1n) is 9.48. The summed E-state index contributed by atoms with van der Waals surface area (Å²) in [6, 6.07) is 11.5. The van der Waals surface area contributed by atoms with Crippen LogP contribution in [-0.4, -0.2) is 43.0 Å². The van der Waals surface area contributed by atoms with Crippen molar-refractivity contribution in [3.63, 3.8) is 0 Å². The van der Waals surface area contributed by atoms with Crippen LogP contribution in [-0.2, 0) is 16.0 Å². The maximum atomic E-state index is 12.0. The number of carbonyl (C=O) groups excluding carboxylic acids is 3. The van der Waals surface area contributed by atoms with E-state index in [1.54, 1.807) is 6.07 Å². The van der Waals surface area contributed by atoms with E-state index >= 15 is 0 Å². The van der Waals surface area contributed by atoms with Gasteiger partial charge in [-0.1, -0.05) is 12.1 Å². The molecule has 150 valence electrons. The number of ketones is 2. The third kappa shape index (κ3) is 7.74. The number of amides is 1. The summed E-state index contributed by atoms with van der Waals surface area (Å²) in [5.74, 6) is -0.254. The highest BCUT2D eigenvalue weighted by Gasteiger charge is 2.12.